The van der Waals surface area contributed by atoms with E-state index in [1.807, 2.05) is 0 Å². The van der Waals surface area contributed by atoms with Gasteiger partial charge < -0.3 is 4.98 Å². The predicted molar refractivity (Wildman–Crippen MR) is 46.9 cm³/mol. The molecule has 0 spiro atoms. The summed E-state index contributed by atoms with van der Waals surface area (Å²) >= 11 is 0. The quantitative estimate of drug-likeness (QED) is 0.624. The first kappa shape index (κ1) is 9.05. The van der Waals surface area contributed by atoms with Crippen LogP contribution in [0.4, 0.5) is 0 Å². The van der Waals surface area contributed by atoms with Crippen molar-refractivity contribution in [3.63, 3.8) is 0 Å². The van der Waals surface area contributed by atoms with Gasteiger partial charge in [-0.3, -0.25) is 4.79 Å². The lowest BCUT2D eigenvalue weighted by Crippen LogP contribution is -1.98. The summed E-state index contributed by atoms with van der Waals surface area (Å²) < 4.78 is 0. The summed E-state index contributed by atoms with van der Waals surface area (Å²) in [6.45, 7) is 0. The fourth-order valence-electron chi connectivity index (χ4n) is 0.565. The first-order valence-electron chi connectivity index (χ1n) is 3.60. The van der Waals surface area contributed by atoms with Gasteiger partial charge in [-0.25, -0.2) is 4.98 Å². The van der Waals surface area contributed by atoms with Gasteiger partial charge in [0.1, 0.15) is 0 Å². The van der Waals surface area contributed by atoms with Crippen molar-refractivity contribution in [2.45, 2.75) is 0 Å². The van der Waals surface area contributed by atoms with Crippen molar-refractivity contribution in [1.82, 2.24) is 20.2 Å². The summed E-state index contributed by atoms with van der Waals surface area (Å²) in [6, 6.07) is 4.60. The van der Waals surface area contributed by atoms with Crippen molar-refractivity contribution in [3.05, 3.63) is 53.5 Å². The molecule has 0 saturated heterocycles. The highest BCUT2D eigenvalue weighted by atomic mass is 16.1. The molecule has 0 aromatic carbocycles. The monoisotopic (exact) mass is 176 g/mol. The molecule has 0 atom stereocenters. The summed E-state index contributed by atoms with van der Waals surface area (Å²) in [4.78, 5) is 16.7. The topological polar surface area (TPSA) is 71.5 Å². The van der Waals surface area contributed by atoms with Gasteiger partial charge in [-0.15, -0.1) is 5.10 Å². The van der Waals surface area contributed by atoms with Gasteiger partial charge in [-0.1, -0.05) is 6.07 Å². The summed E-state index contributed by atoms with van der Waals surface area (Å²) in [5, 5.41) is 6.62. The molecule has 0 bridgehead atoms. The highest BCUT2D eigenvalue weighted by molar-refractivity contribution is 4.85. The van der Waals surface area contributed by atoms with Crippen LogP contribution in [0, 0.1) is 0 Å². The Morgan fingerprint density at radius 1 is 1.23 bits per heavy atom. The lowest BCUT2D eigenvalue weighted by Gasteiger charge is -1.56. The predicted octanol–water partition coefficient (Wildman–Crippen LogP) is 0.246. The number of imidazole rings is 1. The van der Waals surface area contributed by atoms with Gasteiger partial charge >= 0.3 is 0 Å². The van der Waals surface area contributed by atoms with E-state index in [1.165, 1.54) is 12.3 Å². The highest BCUT2D eigenvalue weighted by Crippen LogP contribution is 1.65. The first-order chi connectivity index (χ1) is 6.39. The Kier molecular flexibility index (Phi) is 3.89. The molecular formula is C8H8N4O. The minimum Gasteiger partial charge on any atom is -0.351 e. The highest BCUT2D eigenvalue weighted by Gasteiger charge is 1.72. The largest absolute Gasteiger partial charge is 0.351 e. The Morgan fingerprint density at radius 3 is 2.77 bits per heavy atom. The van der Waals surface area contributed by atoms with Crippen molar-refractivity contribution in [1.29, 1.82) is 0 Å². The van der Waals surface area contributed by atoms with E-state index in [0.29, 0.717) is 0 Å². The van der Waals surface area contributed by atoms with Crippen LogP contribution in [0.1, 0.15) is 0 Å². The van der Waals surface area contributed by atoms with Crippen molar-refractivity contribution < 1.29 is 0 Å². The van der Waals surface area contributed by atoms with E-state index in [-0.39, 0.29) is 5.56 Å². The van der Waals surface area contributed by atoms with E-state index in [2.05, 4.69) is 20.2 Å². The Labute approximate surface area is 74.5 Å². The zero-order valence-corrected chi connectivity index (χ0v) is 6.79. The summed E-state index contributed by atoms with van der Waals surface area (Å²) in [6.07, 6.45) is 6.54. The molecule has 2 aromatic rings. The number of rotatable bonds is 0. The number of hydrogen-bond acceptors (Lipinski definition) is 4. The molecule has 2 heterocycles. The second kappa shape index (κ2) is 5.59. The molecule has 0 radical (unpaired) electrons. The molecule has 2 aromatic heterocycles. The van der Waals surface area contributed by atoms with E-state index in [0.717, 1.165) is 0 Å². The minimum atomic E-state index is -0.310. The van der Waals surface area contributed by atoms with E-state index in [9.17, 15) is 4.79 Å². The number of H-pyrrole nitrogens is 1. The van der Waals surface area contributed by atoms with E-state index < -0.39 is 0 Å². The lowest BCUT2D eigenvalue weighted by molar-refractivity contribution is 1.01. The third kappa shape index (κ3) is 4.41. The van der Waals surface area contributed by atoms with Crippen LogP contribution in [0.3, 0.4) is 0 Å². The summed E-state index contributed by atoms with van der Waals surface area (Å²) in [5.74, 6) is 0. The fourth-order valence-corrected chi connectivity index (χ4v) is 0.565. The smallest absolute Gasteiger partial charge is 0.288 e. The summed E-state index contributed by atoms with van der Waals surface area (Å²) in [7, 11) is 0. The fraction of sp³-hybridized carbons (Fsp3) is 0. The molecule has 0 aliphatic heterocycles. The van der Waals surface area contributed by atoms with Gasteiger partial charge in [0, 0.05) is 24.7 Å². The molecule has 5 nitrogen and oxygen atoms in total. The Hall–Kier alpha value is -2.04. The van der Waals surface area contributed by atoms with Crippen LogP contribution in [-0.2, 0) is 0 Å². The Bertz CT molecular complexity index is 335. The number of nitrogens with zero attached hydrogens (tertiary/aromatic N) is 3. The second-order valence-electron chi connectivity index (χ2n) is 2.01. The van der Waals surface area contributed by atoms with Crippen molar-refractivity contribution in [2.24, 2.45) is 0 Å². The van der Waals surface area contributed by atoms with Crippen LogP contribution < -0.4 is 5.56 Å². The maximum atomic E-state index is 10.3. The molecule has 0 amide bonds. The van der Waals surface area contributed by atoms with Crippen LogP contribution >= 0.6 is 0 Å². The van der Waals surface area contributed by atoms with Gasteiger partial charge in [0.05, 0.1) is 6.33 Å². The molecule has 0 saturated carbocycles. The lowest BCUT2D eigenvalue weighted by atomic mass is 10.6. The van der Waals surface area contributed by atoms with Crippen LogP contribution in [0.5, 0.6) is 0 Å². The number of aromatic nitrogens is 4. The molecule has 0 aliphatic rings. The van der Waals surface area contributed by atoms with Crippen LogP contribution in [0.2, 0.25) is 0 Å². The average molecular weight is 176 g/mol. The molecule has 0 unspecified atom stereocenters. The van der Waals surface area contributed by atoms with Gasteiger partial charge in [0.2, 0.25) is 0 Å². The standard InChI is InChI=1S/C5H4N2O.C3H4N2/c8-5-3-1-2-4-6-7-5;1-2-5-3-4-1/h1-4H;1-3H,(H,4,5). The molecule has 0 fully saturated rings. The third-order valence-corrected chi connectivity index (χ3v) is 1.06. The SMILES string of the molecule is O=c1ccccnn1.c1c[nH]cn1. The van der Waals surface area contributed by atoms with Gasteiger partial charge in [0.25, 0.3) is 5.56 Å². The molecule has 5 heteroatoms. The van der Waals surface area contributed by atoms with Gasteiger partial charge in [0.15, 0.2) is 0 Å². The minimum absolute atomic E-state index is 0.310. The molecule has 66 valence electrons. The zero-order valence-electron chi connectivity index (χ0n) is 6.79. The number of hydrogen-bond donors (Lipinski definition) is 1. The maximum Gasteiger partial charge on any atom is 0.288 e. The molecular weight excluding hydrogens is 168 g/mol. The molecule has 2 rings (SSSR count). The Morgan fingerprint density at radius 2 is 2.15 bits per heavy atom. The average Bonchev–Trinajstić information content (AvgIpc) is 2.62. The molecule has 1 N–H and O–H groups in total. The second-order valence-corrected chi connectivity index (χ2v) is 2.01. The number of aromatic amines is 1. The zero-order chi connectivity index (χ0) is 9.36. The first-order valence-corrected chi connectivity index (χ1v) is 3.60. The van der Waals surface area contributed by atoms with E-state index in [4.69, 9.17) is 0 Å². The van der Waals surface area contributed by atoms with Crippen molar-refractivity contribution >= 4 is 0 Å². The van der Waals surface area contributed by atoms with Crippen LogP contribution in [0.15, 0.2) is 47.9 Å². The van der Waals surface area contributed by atoms with Crippen LogP contribution in [0.25, 0.3) is 0 Å². The van der Waals surface area contributed by atoms with Gasteiger partial charge in [-0.2, -0.15) is 5.10 Å². The third-order valence-electron chi connectivity index (χ3n) is 1.06. The van der Waals surface area contributed by atoms with Crippen molar-refractivity contribution in [3.8, 4) is 0 Å². The van der Waals surface area contributed by atoms with Crippen molar-refractivity contribution in [2.75, 3.05) is 0 Å². The maximum absolute atomic E-state index is 10.3. The molecule has 13 heavy (non-hydrogen) atoms. The van der Waals surface area contributed by atoms with E-state index in [1.54, 1.807) is 30.9 Å². The van der Waals surface area contributed by atoms with Crippen LogP contribution in [-0.4, -0.2) is 20.2 Å². The normalized spacial score (nSPS) is 8.31. The molecule has 0 aliphatic carbocycles. The summed E-state index contributed by atoms with van der Waals surface area (Å²) in [5.41, 5.74) is -0.310. The Balaban J connectivity index is 0.000000145. The van der Waals surface area contributed by atoms with E-state index >= 15 is 0 Å². The number of nitrogens with one attached hydrogen (secondary N) is 1. The van der Waals surface area contributed by atoms with Gasteiger partial charge in [-0.05, 0) is 6.07 Å².